The van der Waals surface area contributed by atoms with Gasteiger partial charge < -0.3 is 5.32 Å². The highest BCUT2D eigenvalue weighted by atomic mass is 32.2. The van der Waals surface area contributed by atoms with E-state index in [4.69, 9.17) is 0 Å². The molecular weight excluding hydrogens is 440 g/mol. The van der Waals surface area contributed by atoms with E-state index in [1.165, 1.54) is 13.0 Å². The molecule has 0 spiro atoms. The number of hydrogen-bond acceptors (Lipinski definition) is 6. The van der Waals surface area contributed by atoms with E-state index in [2.05, 4.69) is 19.8 Å². The van der Waals surface area contributed by atoms with Gasteiger partial charge in [0.25, 0.3) is 10.0 Å². The zero-order valence-electron chi connectivity index (χ0n) is 17.3. The van der Waals surface area contributed by atoms with Crippen LogP contribution in [0.2, 0.25) is 0 Å². The summed E-state index contributed by atoms with van der Waals surface area (Å²) in [5.74, 6) is -0.531. The predicted molar refractivity (Wildman–Crippen MR) is 120 cm³/mol. The molecule has 1 atom stereocenters. The van der Waals surface area contributed by atoms with Gasteiger partial charge in [-0.3, -0.25) is 19.2 Å². The lowest BCUT2D eigenvalue weighted by Gasteiger charge is -2.17. The normalized spacial score (nSPS) is 17.1. The fraction of sp³-hybridized carbons (Fsp3) is 0.300. The van der Waals surface area contributed by atoms with Crippen molar-refractivity contribution in [3.05, 3.63) is 54.1 Å². The van der Waals surface area contributed by atoms with Crippen LogP contribution in [0.1, 0.15) is 26.3 Å². The van der Waals surface area contributed by atoms with Gasteiger partial charge in [0.2, 0.25) is 15.9 Å². The van der Waals surface area contributed by atoms with Crippen molar-refractivity contribution in [3.63, 3.8) is 0 Å². The van der Waals surface area contributed by atoms with E-state index in [1.54, 1.807) is 42.5 Å². The second-order valence-electron chi connectivity index (χ2n) is 7.34. The van der Waals surface area contributed by atoms with Gasteiger partial charge in [-0.05, 0) is 49.2 Å². The Morgan fingerprint density at radius 3 is 2.29 bits per heavy atom. The van der Waals surface area contributed by atoms with Gasteiger partial charge in [-0.25, -0.2) is 16.8 Å². The Kier molecular flexibility index (Phi) is 6.37. The van der Waals surface area contributed by atoms with Gasteiger partial charge in [0.05, 0.1) is 10.6 Å². The number of aliphatic imine (C=N–C) groups is 1. The van der Waals surface area contributed by atoms with Crippen LogP contribution in [0.15, 0.2) is 58.4 Å². The summed E-state index contributed by atoms with van der Waals surface area (Å²) in [7, 11) is -7.09. The molecule has 0 aromatic heterocycles. The molecule has 31 heavy (non-hydrogen) atoms. The van der Waals surface area contributed by atoms with Gasteiger partial charge in [-0.1, -0.05) is 26.0 Å². The summed E-state index contributed by atoms with van der Waals surface area (Å²) in [6.45, 7) is 5.16. The number of amidine groups is 1. The van der Waals surface area contributed by atoms with E-state index < -0.39 is 32.0 Å². The summed E-state index contributed by atoms with van der Waals surface area (Å²) in [6.07, 6.45) is 0. The number of nitrogens with zero attached hydrogens (tertiary/aromatic N) is 1. The molecule has 9 nitrogen and oxygen atoms in total. The number of anilines is 2. The molecule has 11 heteroatoms. The highest BCUT2D eigenvalue weighted by Gasteiger charge is 2.32. The van der Waals surface area contributed by atoms with Crippen LogP contribution in [0.25, 0.3) is 0 Å². The minimum atomic E-state index is -3.70. The Labute approximate surface area is 182 Å². The van der Waals surface area contributed by atoms with Gasteiger partial charge in [-0.15, -0.1) is 0 Å². The Hall–Kier alpha value is -2.92. The third-order valence-electron chi connectivity index (χ3n) is 4.64. The maximum absolute atomic E-state index is 12.9. The highest BCUT2D eigenvalue weighted by Crippen LogP contribution is 2.24. The number of carbonyl (C=O) groups excluding carboxylic acids is 1. The number of amides is 1. The lowest BCUT2D eigenvalue weighted by atomic mass is 10.0. The largest absolute Gasteiger partial charge is 0.324 e. The maximum atomic E-state index is 12.9. The quantitative estimate of drug-likeness (QED) is 0.577. The molecular formula is C20H24N4O5S2. The molecule has 0 unspecified atom stereocenters. The van der Waals surface area contributed by atoms with Gasteiger partial charge in [0.15, 0.2) is 0 Å². The Balaban J connectivity index is 1.80. The number of hydrogen-bond donors (Lipinski definition) is 3. The highest BCUT2D eigenvalue weighted by molar-refractivity contribution is 7.92. The maximum Gasteiger partial charge on any atom is 0.263 e. The van der Waals surface area contributed by atoms with Gasteiger partial charge in [-0.2, -0.15) is 0 Å². The van der Waals surface area contributed by atoms with Crippen molar-refractivity contribution in [2.45, 2.75) is 31.7 Å². The number of carbonyl (C=O) groups is 1. The molecule has 0 radical (unpaired) electrons. The topological polar surface area (TPSA) is 134 Å². The lowest BCUT2D eigenvalue weighted by Crippen LogP contribution is -2.34. The molecule has 2 aromatic rings. The zero-order valence-corrected chi connectivity index (χ0v) is 18.9. The third kappa shape index (κ3) is 5.23. The Morgan fingerprint density at radius 2 is 1.68 bits per heavy atom. The average molecular weight is 465 g/mol. The summed E-state index contributed by atoms with van der Waals surface area (Å²) < 4.78 is 52.7. The smallest absolute Gasteiger partial charge is 0.263 e. The van der Waals surface area contributed by atoms with Crippen LogP contribution in [0, 0.1) is 5.92 Å². The molecule has 1 amide bonds. The second kappa shape index (κ2) is 8.67. The Morgan fingerprint density at radius 1 is 1.06 bits per heavy atom. The number of benzene rings is 2. The van der Waals surface area contributed by atoms with Crippen LogP contribution in [0.3, 0.4) is 0 Å². The molecule has 0 aliphatic carbocycles. The van der Waals surface area contributed by atoms with E-state index >= 15 is 0 Å². The third-order valence-corrected chi connectivity index (χ3v) is 7.34. The standard InChI is InChI=1S/C20H24N4O5S2/c1-4-30(26,27)23-15-11-9-14(10-12-15)21-20(25)18(13(2)3)22-19-16-7-5-6-8-17(16)31(28,29)24-19/h5-13,18,23H,4H2,1-3H3,(H,21,25)(H,22,24)/t18-/m0/s1. The summed E-state index contributed by atoms with van der Waals surface area (Å²) >= 11 is 0. The number of nitrogens with one attached hydrogen (secondary N) is 3. The van der Waals surface area contributed by atoms with Crippen molar-refractivity contribution < 1.29 is 21.6 Å². The second-order valence-corrected chi connectivity index (χ2v) is 11.0. The van der Waals surface area contributed by atoms with Crippen LogP contribution < -0.4 is 14.8 Å². The molecule has 1 heterocycles. The summed E-state index contributed by atoms with van der Waals surface area (Å²) in [5.41, 5.74) is 1.27. The lowest BCUT2D eigenvalue weighted by molar-refractivity contribution is -0.118. The first-order chi connectivity index (χ1) is 14.5. The minimum absolute atomic E-state index is 0.0468. The van der Waals surface area contributed by atoms with Crippen LogP contribution in [0.5, 0.6) is 0 Å². The van der Waals surface area contributed by atoms with E-state index in [0.29, 0.717) is 16.9 Å². The van der Waals surface area contributed by atoms with Crippen molar-refractivity contribution in [1.82, 2.24) is 4.72 Å². The first-order valence-electron chi connectivity index (χ1n) is 9.64. The number of sulfonamides is 2. The molecule has 2 aromatic carbocycles. The number of fused-ring (bicyclic) bond motifs is 1. The molecule has 0 saturated heterocycles. The average Bonchev–Trinajstić information content (AvgIpc) is 2.97. The van der Waals surface area contributed by atoms with Crippen LogP contribution >= 0.6 is 0 Å². The van der Waals surface area contributed by atoms with Crippen molar-refractivity contribution in [2.24, 2.45) is 10.9 Å². The van der Waals surface area contributed by atoms with Gasteiger partial charge in [0, 0.05) is 16.9 Å². The SMILES string of the molecule is CCS(=O)(=O)Nc1ccc(NC(=O)[C@@H](N=C2NS(=O)(=O)c3ccccc32)C(C)C)cc1. The Bertz CT molecular complexity index is 1220. The summed E-state index contributed by atoms with van der Waals surface area (Å²) in [6, 6.07) is 11.8. The first-order valence-corrected chi connectivity index (χ1v) is 12.8. The predicted octanol–water partition coefficient (Wildman–Crippen LogP) is 2.15. The van der Waals surface area contributed by atoms with Crippen LogP contribution in [0.4, 0.5) is 11.4 Å². The number of rotatable bonds is 7. The van der Waals surface area contributed by atoms with E-state index in [0.717, 1.165) is 0 Å². The van der Waals surface area contributed by atoms with Crippen molar-refractivity contribution in [3.8, 4) is 0 Å². The molecule has 0 saturated carbocycles. The molecule has 1 aliphatic rings. The van der Waals surface area contributed by atoms with Gasteiger partial charge in [0.1, 0.15) is 11.9 Å². The molecule has 3 rings (SSSR count). The molecule has 166 valence electrons. The van der Waals surface area contributed by atoms with E-state index in [-0.39, 0.29) is 22.4 Å². The molecule has 3 N–H and O–H groups in total. The molecule has 1 aliphatic heterocycles. The summed E-state index contributed by atoms with van der Waals surface area (Å²) in [5, 5.41) is 2.75. The molecule has 0 bridgehead atoms. The van der Waals surface area contributed by atoms with E-state index in [1.807, 2.05) is 13.8 Å². The van der Waals surface area contributed by atoms with Crippen LogP contribution in [-0.2, 0) is 24.8 Å². The van der Waals surface area contributed by atoms with Gasteiger partial charge >= 0.3 is 0 Å². The zero-order chi connectivity index (χ0) is 22.8. The minimum Gasteiger partial charge on any atom is -0.324 e. The fourth-order valence-corrected chi connectivity index (χ4v) is 4.85. The van der Waals surface area contributed by atoms with Crippen molar-refractivity contribution in [2.75, 3.05) is 15.8 Å². The fourth-order valence-electron chi connectivity index (χ4n) is 2.97. The van der Waals surface area contributed by atoms with Crippen LogP contribution in [-0.4, -0.2) is 40.4 Å². The van der Waals surface area contributed by atoms with E-state index in [9.17, 15) is 21.6 Å². The summed E-state index contributed by atoms with van der Waals surface area (Å²) in [4.78, 5) is 17.4. The van der Waals surface area contributed by atoms with Crippen molar-refractivity contribution in [1.29, 1.82) is 0 Å². The first kappa shape index (κ1) is 22.8. The van der Waals surface area contributed by atoms with Crippen molar-refractivity contribution >= 4 is 43.2 Å². The molecule has 0 fully saturated rings. The monoisotopic (exact) mass is 464 g/mol.